The van der Waals surface area contributed by atoms with Gasteiger partial charge in [-0.2, -0.15) is 0 Å². The van der Waals surface area contributed by atoms with Gasteiger partial charge in [-0.05, 0) is 6.42 Å². The van der Waals surface area contributed by atoms with Crippen LogP contribution < -0.4 is 14.2 Å². The highest BCUT2D eigenvalue weighted by atomic mass is 16.5. The lowest BCUT2D eigenvalue weighted by molar-refractivity contribution is 0.0503. The van der Waals surface area contributed by atoms with Crippen LogP contribution in [0, 0.1) is 24.7 Å². The maximum Gasteiger partial charge on any atom is 0.340 e. The van der Waals surface area contributed by atoms with Gasteiger partial charge in [0.2, 0.25) is 5.75 Å². The van der Waals surface area contributed by atoms with Crippen molar-refractivity contribution in [2.75, 3.05) is 27.9 Å². The highest BCUT2D eigenvalue weighted by molar-refractivity contribution is 5.98. The molecular weight excluding hydrogens is 284 g/mol. The quantitative estimate of drug-likeness (QED) is 0.596. The van der Waals surface area contributed by atoms with E-state index < -0.39 is 5.97 Å². The summed E-state index contributed by atoms with van der Waals surface area (Å²) in [4.78, 5) is 12.3. The molecule has 1 rings (SSSR count). The summed E-state index contributed by atoms with van der Waals surface area (Å²) in [6.45, 7) is 2.14. The number of terminal acetylenes is 2. The van der Waals surface area contributed by atoms with E-state index in [2.05, 4.69) is 11.8 Å². The van der Waals surface area contributed by atoms with Crippen LogP contribution in [0.25, 0.3) is 0 Å². The summed E-state index contributed by atoms with van der Waals surface area (Å²) < 4.78 is 21.0. The molecule has 0 fully saturated rings. The molecule has 1 aromatic carbocycles. The summed E-state index contributed by atoms with van der Waals surface area (Å²) in [6.07, 6.45) is 11.7. The summed E-state index contributed by atoms with van der Waals surface area (Å²) in [6, 6.07) is 0. The minimum atomic E-state index is -0.623. The fourth-order valence-electron chi connectivity index (χ4n) is 2.00. The van der Waals surface area contributed by atoms with Crippen molar-refractivity contribution in [2.24, 2.45) is 0 Å². The maximum absolute atomic E-state index is 12.3. The first-order valence-electron chi connectivity index (χ1n) is 6.57. The molecule has 0 aromatic heterocycles. The molecule has 0 aliphatic carbocycles. The van der Waals surface area contributed by atoms with E-state index in [1.165, 1.54) is 21.3 Å². The lowest BCUT2D eigenvalue weighted by atomic mass is 9.98. The lowest BCUT2D eigenvalue weighted by Gasteiger charge is -2.18. The lowest BCUT2D eigenvalue weighted by Crippen LogP contribution is -2.13. The Morgan fingerprint density at radius 2 is 1.41 bits per heavy atom. The van der Waals surface area contributed by atoms with Crippen LogP contribution in [0.2, 0.25) is 0 Å². The summed E-state index contributed by atoms with van der Waals surface area (Å²) in [5, 5.41) is 0. The summed E-state index contributed by atoms with van der Waals surface area (Å²) in [5.41, 5.74) is 0.413. The second-order valence-corrected chi connectivity index (χ2v) is 4.15. The molecule has 5 heteroatoms. The number of carbonyl (C=O) groups is 1. The van der Waals surface area contributed by atoms with Crippen LogP contribution >= 0.6 is 0 Å². The van der Waals surface area contributed by atoms with E-state index >= 15 is 0 Å². The van der Waals surface area contributed by atoms with Gasteiger partial charge in [0.25, 0.3) is 0 Å². The number of hydrogen-bond donors (Lipinski definition) is 0. The van der Waals surface area contributed by atoms with E-state index in [9.17, 15) is 4.79 Å². The third-order valence-electron chi connectivity index (χ3n) is 2.91. The molecule has 0 aliphatic heterocycles. The van der Waals surface area contributed by atoms with Gasteiger partial charge in [0.05, 0.1) is 44.6 Å². The standard InChI is InChI=1S/C17H18O5/c1-7-10-22-17(18)13-11(8-2)14(19-4)16(21-6)15(20-5)12(13)9-3/h2-3H,7,10H2,1,4-6H3. The fraction of sp³-hybridized carbons (Fsp3) is 0.353. The van der Waals surface area contributed by atoms with Crippen LogP contribution in [0.4, 0.5) is 0 Å². The molecular formula is C17H18O5. The van der Waals surface area contributed by atoms with Crippen molar-refractivity contribution in [2.45, 2.75) is 13.3 Å². The third kappa shape index (κ3) is 2.94. The average Bonchev–Trinajstić information content (AvgIpc) is 2.56. The third-order valence-corrected chi connectivity index (χ3v) is 2.91. The van der Waals surface area contributed by atoms with Crippen LogP contribution in [0.1, 0.15) is 34.8 Å². The Kier molecular flexibility index (Phi) is 6.16. The number of esters is 1. The monoisotopic (exact) mass is 302 g/mol. The molecule has 0 bridgehead atoms. The Hall–Kier alpha value is -2.79. The number of carbonyl (C=O) groups excluding carboxylic acids is 1. The number of benzene rings is 1. The molecule has 1 aromatic rings. The Bertz CT molecular complexity index is 603. The smallest absolute Gasteiger partial charge is 0.340 e. The minimum Gasteiger partial charge on any atom is -0.491 e. The first-order valence-corrected chi connectivity index (χ1v) is 6.57. The van der Waals surface area contributed by atoms with E-state index in [0.29, 0.717) is 6.42 Å². The zero-order valence-corrected chi connectivity index (χ0v) is 13.1. The van der Waals surface area contributed by atoms with E-state index in [0.717, 1.165) is 0 Å². The van der Waals surface area contributed by atoms with Gasteiger partial charge in [-0.1, -0.05) is 18.8 Å². The topological polar surface area (TPSA) is 54.0 Å². The molecule has 0 atom stereocenters. The summed E-state index contributed by atoms with van der Waals surface area (Å²) in [7, 11) is 4.25. The fourth-order valence-corrected chi connectivity index (χ4v) is 2.00. The van der Waals surface area contributed by atoms with Gasteiger partial charge >= 0.3 is 5.97 Å². The number of methoxy groups -OCH3 is 3. The van der Waals surface area contributed by atoms with Crippen molar-refractivity contribution in [3.8, 4) is 41.9 Å². The maximum atomic E-state index is 12.3. The van der Waals surface area contributed by atoms with Crippen molar-refractivity contribution >= 4 is 5.97 Å². The normalized spacial score (nSPS) is 9.36. The predicted molar refractivity (Wildman–Crippen MR) is 82.5 cm³/mol. The van der Waals surface area contributed by atoms with Gasteiger partial charge in [-0.25, -0.2) is 4.79 Å². The average molecular weight is 302 g/mol. The molecule has 0 unspecified atom stereocenters. The van der Waals surface area contributed by atoms with Crippen LogP contribution in [-0.2, 0) is 4.74 Å². The number of rotatable bonds is 6. The van der Waals surface area contributed by atoms with Gasteiger partial charge in [0.1, 0.15) is 0 Å². The van der Waals surface area contributed by atoms with Crippen molar-refractivity contribution in [3.63, 3.8) is 0 Å². The first kappa shape index (κ1) is 17.3. The zero-order chi connectivity index (χ0) is 16.7. The molecule has 0 N–H and O–H groups in total. The van der Waals surface area contributed by atoms with Crippen LogP contribution in [0.3, 0.4) is 0 Å². The van der Waals surface area contributed by atoms with E-state index in [4.69, 9.17) is 31.8 Å². The highest BCUT2D eigenvalue weighted by Crippen LogP contribution is 2.45. The summed E-state index contributed by atoms with van der Waals surface area (Å²) in [5.74, 6) is 4.84. The molecule has 0 radical (unpaired) electrons. The molecule has 0 heterocycles. The second kappa shape index (κ2) is 7.85. The number of ether oxygens (including phenoxy) is 4. The van der Waals surface area contributed by atoms with Crippen molar-refractivity contribution in [1.82, 2.24) is 0 Å². The van der Waals surface area contributed by atoms with Gasteiger partial charge in [-0.15, -0.1) is 12.8 Å². The largest absolute Gasteiger partial charge is 0.491 e. The zero-order valence-electron chi connectivity index (χ0n) is 13.1. The van der Waals surface area contributed by atoms with Crippen LogP contribution in [0.5, 0.6) is 17.2 Å². The van der Waals surface area contributed by atoms with E-state index in [-0.39, 0.29) is 40.5 Å². The molecule has 0 saturated carbocycles. The molecule has 0 amide bonds. The van der Waals surface area contributed by atoms with E-state index in [1.807, 2.05) is 6.92 Å². The van der Waals surface area contributed by atoms with Gasteiger partial charge in [0.15, 0.2) is 11.5 Å². The first-order chi connectivity index (χ1) is 10.6. The van der Waals surface area contributed by atoms with Gasteiger partial charge in [-0.3, -0.25) is 0 Å². The molecule has 116 valence electrons. The van der Waals surface area contributed by atoms with E-state index in [1.54, 1.807) is 0 Å². The SMILES string of the molecule is C#Cc1c(OC)c(OC)c(OC)c(C#C)c1C(=O)OCCC. The summed E-state index contributed by atoms with van der Waals surface area (Å²) >= 11 is 0. The van der Waals surface area contributed by atoms with Crippen LogP contribution in [0.15, 0.2) is 0 Å². The van der Waals surface area contributed by atoms with Crippen molar-refractivity contribution < 1.29 is 23.7 Å². The Morgan fingerprint density at radius 3 is 1.73 bits per heavy atom. The van der Waals surface area contributed by atoms with Crippen molar-refractivity contribution in [3.05, 3.63) is 16.7 Å². The molecule has 5 nitrogen and oxygen atoms in total. The van der Waals surface area contributed by atoms with Crippen molar-refractivity contribution in [1.29, 1.82) is 0 Å². The second-order valence-electron chi connectivity index (χ2n) is 4.15. The van der Waals surface area contributed by atoms with Gasteiger partial charge < -0.3 is 18.9 Å². The molecule has 0 aliphatic rings. The number of hydrogen-bond acceptors (Lipinski definition) is 5. The van der Waals surface area contributed by atoms with Crippen LogP contribution in [-0.4, -0.2) is 33.9 Å². The molecule has 22 heavy (non-hydrogen) atoms. The van der Waals surface area contributed by atoms with Gasteiger partial charge in [0, 0.05) is 0 Å². The Morgan fingerprint density at radius 1 is 0.955 bits per heavy atom. The molecule has 0 spiro atoms. The predicted octanol–water partition coefficient (Wildman–Crippen LogP) is 2.24. The highest BCUT2D eigenvalue weighted by Gasteiger charge is 2.29. The molecule has 0 saturated heterocycles. The minimum absolute atomic E-state index is 0.0629. The Labute approximate surface area is 130 Å². The Balaban J connectivity index is 3.77.